The minimum atomic E-state index is 0.156. The number of fused-ring (bicyclic) bond motifs is 10. The summed E-state index contributed by atoms with van der Waals surface area (Å²) >= 11 is 0. The van der Waals surface area contributed by atoms with Crippen LogP contribution in [0.2, 0.25) is 0 Å². The second-order valence-corrected chi connectivity index (χ2v) is 15.2. The molecule has 2 unspecified atom stereocenters. The monoisotopic (exact) mass is 698 g/mol. The minimum absolute atomic E-state index is 0.156. The predicted molar refractivity (Wildman–Crippen MR) is 228 cm³/mol. The van der Waals surface area contributed by atoms with Gasteiger partial charge in [0.15, 0.2) is 0 Å². The first kappa shape index (κ1) is 30.5. The SMILES string of the molecule is c1ccc(C2c3ccccc3-c3cc(-c4ccc5c(c4)C(c4ccc6cc(-c7ccc8c(c7)oc7ccccc78)ccc6c4)c4ccccc4-5)ccc32)cc1. The first-order chi connectivity index (χ1) is 27.2. The number of furan rings is 1. The van der Waals surface area contributed by atoms with Crippen LogP contribution in [0.25, 0.3) is 77.2 Å². The van der Waals surface area contributed by atoms with Gasteiger partial charge in [-0.05, 0) is 125 Å². The highest BCUT2D eigenvalue weighted by Crippen LogP contribution is 2.52. The van der Waals surface area contributed by atoms with Gasteiger partial charge in [0.2, 0.25) is 0 Å². The lowest BCUT2D eigenvalue weighted by molar-refractivity contribution is 0.669. The summed E-state index contributed by atoms with van der Waals surface area (Å²) in [6, 6.07) is 71.8. The van der Waals surface area contributed by atoms with Gasteiger partial charge in [-0.3, -0.25) is 0 Å². The second kappa shape index (κ2) is 11.8. The lowest BCUT2D eigenvalue weighted by atomic mass is 9.86. The van der Waals surface area contributed by atoms with E-state index in [2.05, 4.69) is 182 Å². The topological polar surface area (TPSA) is 13.1 Å². The Kier molecular flexibility index (Phi) is 6.53. The lowest BCUT2D eigenvalue weighted by Gasteiger charge is -2.17. The van der Waals surface area contributed by atoms with E-state index in [0.717, 1.165) is 27.5 Å². The van der Waals surface area contributed by atoms with E-state index in [1.165, 1.54) is 83.1 Å². The number of para-hydroxylation sites is 1. The molecule has 0 saturated heterocycles. The average Bonchev–Trinajstić information content (AvgIpc) is 3.90. The lowest BCUT2D eigenvalue weighted by Crippen LogP contribution is -2.00. The molecule has 55 heavy (non-hydrogen) atoms. The maximum Gasteiger partial charge on any atom is 0.136 e. The van der Waals surface area contributed by atoms with Crippen LogP contribution in [0.1, 0.15) is 45.2 Å². The smallest absolute Gasteiger partial charge is 0.136 e. The molecule has 9 aromatic carbocycles. The van der Waals surface area contributed by atoms with Crippen LogP contribution < -0.4 is 0 Å². The van der Waals surface area contributed by atoms with Gasteiger partial charge in [-0.1, -0.05) is 158 Å². The molecule has 256 valence electrons. The summed E-state index contributed by atoms with van der Waals surface area (Å²) in [5.41, 5.74) is 20.2. The van der Waals surface area contributed by atoms with Crippen molar-refractivity contribution in [1.82, 2.24) is 0 Å². The van der Waals surface area contributed by atoms with E-state index in [1.807, 2.05) is 12.1 Å². The molecule has 1 aromatic heterocycles. The molecule has 0 spiro atoms. The van der Waals surface area contributed by atoms with Crippen molar-refractivity contribution in [2.45, 2.75) is 11.8 Å². The van der Waals surface area contributed by atoms with Crippen LogP contribution >= 0.6 is 0 Å². The summed E-state index contributed by atoms with van der Waals surface area (Å²) in [6.07, 6.45) is 0. The standard InChI is InChI=1S/C54H34O/c1-2-10-33(11-3-1)53-47-16-7-5-13-42(47)49-30-37(24-27-48(49)53)38-22-25-43-41-12-4-6-15-46(41)54(50(43)31-38)40-21-20-34-28-35(18-19-36(34)29-40)39-23-26-45-44-14-8-9-17-51(44)55-52(45)32-39/h1-32,53-54H. The van der Waals surface area contributed by atoms with Crippen LogP contribution in [0.15, 0.2) is 199 Å². The summed E-state index contributed by atoms with van der Waals surface area (Å²) < 4.78 is 6.22. The zero-order chi connectivity index (χ0) is 36.0. The van der Waals surface area contributed by atoms with Crippen LogP contribution in [0.4, 0.5) is 0 Å². The van der Waals surface area contributed by atoms with Crippen LogP contribution in [0.3, 0.4) is 0 Å². The Bertz CT molecular complexity index is 3160. The Hall–Kier alpha value is -6.96. The molecule has 0 amide bonds. The van der Waals surface area contributed by atoms with Gasteiger partial charge in [0.05, 0.1) is 0 Å². The van der Waals surface area contributed by atoms with Crippen molar-refractivity contribution in [3.8, 4) is 44.5 Å². The van der Waals surface area contributed by atoms with Crippen molar-refractivity contribution < 1.29 is 4.42 Å². The van der Waals surface area contributed by atoms with E-state index in [-0.39, 0.29) is 11.8 Å². The third-order valence-electron chi connectivity index (χ3n) is 12.2. The van der Waals surface area contributed by atoms with Crippen molar-refractivity contribution in [2.24, 2.45) is 0 Å². The molecule has 0 N–H and O–H groups in total. The molecular formula is C54H34O. The van der Waals surface area contributed by atoms with E-state index < -0.39 is 0 Å². The Labute approximate surface area is 319 Å². The molecule has 0 aliphatic heterocycles. The fourth-order valence-electron chi connectivity index (χ4n) is 9.66. The Morgan fingerprint density at radius 3 is 1.73 bits per heavy atom. The van der Waals surface area contributed by atoms with Crippen LogP contribution in [-0.2, 0) is 0 Å². The first-order valence-electron chi connectivity index (χ1n) is 19.2. The fourth-order valence-corrected chi connectivity index (χ4v) is 9.66. The molecule has 2 aliphatic rings. The highest BCUT2D eigenvalue weighted by atomic mass is 16.3. The maximum absolute atomic E-state index is 6.22. The molecule has 0 bridgehead atoms. The van der Waals surface area contributed by atoms with Gasteiger partial charge in [-0.25, -0.2) is 0 Å². The van der Waals surface area contributed by atoms with E-state index in [9.17, 15) is 0 Å². The molecule has 2 aliphatic carbocycles. The molecule has 1 heterocycles. The Balaban J connectivity index is 0.929. The van der Waals surface area contributed by atoms with Gasteiger partial charge in [-0.2, -0.15) is 0 Å². The highest BCUT2D eigenvalue weighted by molar-refractivity contribution is 6.06. The van der Waals surface area contributed by atoms with Crippen molar-refractivity contribution >= 4 is 32.7 Å². The maximum atomic E-state index is 6.22. The molecule has 0 saturated carbocycles. The third kappa shape index (κ3) is 4.66. The molecule has 1 nitrogen and oxygen atoms in total. The summed E-state index contributed by atoms with van der Waals surface area (Å²) in [6.45, 7) is 0. The van der Waals surface area contributed by atoms with Gasteiger partial charge < -0.3 is 4.42 Å². The summed E-state index contributed by atoms with van der Waals surface area (Å²) in [7, 11) is 0. The largest absolute Gasteiger partial charge is 0.456 e. The molecule has 0 radical (unpaired) electrons. The molecule has 2 atom stereocenters. The number of benzene rings is 9. The van der Waals surface area contributed by atoms with Crippen molar-refractivity contribution in [2.75, 3.05) is 0 Å². The van der Waals surface area contributed by atoms with Gasteiger partial charge in [0, 0.05) is 22.6 Å². The van der Waals surface area contributed by atoms with Crippen LogP contribution in [0.5, 0.6) is 0 Å². The van der Waals surface area contributed by atoms with Crippen molar-refractivity contribution in [1.29, 1.82) is 0 Å². The summed E-state index contributed by atoms with van der Waals surface area (Å²) in [5, 5.41) is 4.80. The van der Waals surface area contributed by atoms with Crippen LogP contribution in [0, 0.1) is 0 Å². The number of rotatable bonds is 4. The molecule has 0 fully saturated rings. The van der Waals surface area contributed by atoms with E-state index >= 15 is 0 Å². The van der Waals surface area contributed by atoms with Gasteiger partial charge in [-0.15, -0.1) is 0 Å². The highest BCUT2D eigenvalue weighted by Gasteiger charge is 2.32. The Morgan fingerprint density at radius 1 is 0.291 bits per heavy atom. The summed E-state index contributed by atoms with van der Waals surface area (Å²) in [4.78, 5) is 0. The van der Waals surface area contributed by atoms with Gasteiger partial charge >= 0.3 is 0 Å². The van der Waals surface area contributed by atoms with Gasteiger partial charge in [0.1, 0.15) is 11.2 Å². The normalized spacial score (nSPS) is 15.3. The molecule has 10 aromatic rings. The second-order valence-electron chi connectivity index (χ2n) is 15.2. The van der Waals surface area contributed by atoms with Crippen LogP contribution in [-0.4, -0.2) is 0 Å². The van der Waals surface area contributed by atoms with Crippen molar-refractivity contribution in [3.05, 3.63) is 228 Å². The molecular weight excluding hydrogens is 665 g/mol. The zero-order valence-electron chi connectivity index (χ0n) is 30.0. The fraction of sp³-hybridized carbons (Fsp3) is 0.0370. The van der Waals surface area contributed by atoms with Gasteiger partial charge in [0.25, 0.3) is 0 Å². The average molecular weight is 699 g/mol. The minimum Gasteiger partial charge on any atom is -0.456 e. The first-order valence-corrected chi connectivity index (χ1v) is 19.2. The van der Waals surface area contributed by atoms with E-state index in [1.54, 1.807) is 0 Å². The van der Waals surface area contributed by atoms with Crippen molar-refractivity contribution in [3.63, 3.8) is 0 Å². The predicted octanol–water partition coefficient (Wildman–Crippen LogP) is 14.4. The third-order valence-corrected chi connectivity index (χ3v) is 12.2. The quantitative estimate of drug-likeness (QED) is 0.178. The number of hydrogen-bond donors (Lipinski definition) is 0. The summed E-state index contributed by atoms with van der Waals surface area (Å²) in [5.74, 6) is 0.410. The number of hydrogen-bond acceptors (Lipinski definition) is 1. The Morgan fingerprint density at radius 2 is 0.855 bits per heavy atom. The van der Waals surface area contributed by atoms with E-state index in [0.29, 0.717) is 0 Å². The molecule has 12 rings (SSSR count). The molecule has 1 heteroatoms. The zero-order valence-corrected chi connectivity index (χ0v) is 30.0. The van der Waals surface area contributed by atoms with E-state index in [4.69, 9.17) is 4.42 Å².